The summed E-state index contributed by atoms with van der Waals surface area (Å²) in [6.45, 7) is 4.37. The van der Waals surface area contributed by atoms with Crippen molar-refractivity contribution in [1.82, 2.24) is 10.3 Å². The number of nitrogens with zero attached hydrogens (tertiary/aromatic N) is 1. The van der Waals surface area contributed by atoms with Gasteiger partial charge in [0.15, 0.2) is 0 Å². The summed E-state index contributed by atoms with van der Waals surface area (Å²) in [6, 6.07) is 10.1. The molecule has 1 N–H and O–H groups in total. The number of hydrogen-bond acceptors (Lipinski definition) is 3. The molecule has 0 saturated heterocycles. The van der Waals surface area contributed by atoms with Gasteiger partial charge in [-0.05, 0) is 30.3 Å². The molecule has 1 heterocycles. The molecule has 0 atom stereocenters. The molecule has 3 nitrogen and oxygen atoms in total. The molecule has 2 aromatic rings. The fourth-order valence-electron chi connectivity index (χ4n) is 1.73. The van der Waals surface area contributed by atoms with Crippen LogP contribution in [0.2, 0.25) is 0 Å². The zero-order valence-corrected chi connectivity index (χ0v) is 12.5. The van der Waals surface area contributed by atoms with Gasteiger partial charge in [-0.1, -0.05) is 35.0 Å². The summed E-state index contributed by atoms with van der Waals surface area (Å²) in [5.74, 6) is 0.837. The predicted octanol–water partition coefficient (Wildman–Crippen LogP) is 3.53. The van der Waals surface area contributed by atoms with Gasteiger partial charge in [0.05, 0.1) is 6.20 Å². The number of benzene rings is 1. The first-order chi connectivity index (χ1) is 9.29. The third-order valence-electron chi connectivity index (χ3n) is 2.72. The molecule has 0 aliphatic heterocycles. The average Bonchev–Trinajstić information content (AvgIpc) is 2.44. The Morgan fingerprint density at radius 3 is 3.00 bits per heavy atom. The van der Waals surface area contributed by atoms with Crippen molar-refractivity contribution in [1.29, 1.82) is 0 Å². The van der Waals surface area contributed by atoms with E-state index in [-0.39, 0.29) is 0 Å². The van der Waals surface area contributed by atoms with Crippen molar-refractivity contribution >= 4 is 15.9 Å². The molecular formula is C15H17BrN2O. The molecule has 0 saturated carbocycles. The first-order valence-electron chi connectivity index (χ1n) is 6.30. The van der Waals surface area contributed by atoms with Crippen LogP contribution in [0.15, 0.2) is 47.2 Å². The average molecular weight is 321 g/mol. The van der Waals surface area contributed by atoms with Crippen LogP contribution in [-0.4, -0.2) is 11.5 Å². The zero-order chi connectivity index (χ0) is 13.5. The van der Waals surface area contributed by atoms with E-state index in [4.69, 9.17) is 4.74 Å². The maximum absolute atomic E-state index is 5.85. The van der Waals surface area contributed by atoms with Gasteiger partial charge in [0.25, 0.3) is 0 Å². The van der Waals surface area contributed by atoms with Crippen molar-refractivity contribution in [3.05, 3.63) is 58.3 Å². The maximum atomic E-state index is 5.85. The summed E-state index contributed by atoms with van der Waals surface area (Å²) in [5.41, 5.74) is 2.26. The van der Waals surface area contributed by atoms with Gasteiger partial charge in [-0.3, -0.25) is 4.98 Å². The molecule has 0 radical (unpaired) electrons. The SMILES string of the molecule is CCNCc1ccncc1OCc1cccc(Br)c1. The Hall–Kier alpha value is -1.39. The molecule has 0 fully saturated rings. The van der Waals surface area contributed by atoms with Gasteiger partial charge < -0.3 is 10.1 Å². The van der Waals surface area contributed by atoms with E-state index < -0.39 is 0 Å². The topological polar surface area (TPSA) is 34.2 Å². The second-order valence-electron chi connectivity index (χ2n) is 4.18. The van der Waals surface area contributed by atoms with Crippen molar-refractivity contribution in [2.45, 2.75) is 20.1 Å². The summed E-state index contributed by atoms with van der Waals surface area (Å²) in [5, 5.41) is 3.30. The highest BCUT2D eigenvalue weighted by Crippen LogP contribution is 2.19. The molecule has 2 rings (SSSR count). The highest BCUT2D eigenvalue weighted by atomic mass is 79.9. The molecule has 4 heteroatoms. The van der Waals surface area contributed by atoms with Crippen LogP contribution in [0.3, 0.4) is 0 Å². The molecule has 0 unspecified atom stereocenters. The van der Waals surface area contributed by atoms with E-state index in [2.05, 4.69) is 39.2 Å². The third kappa shape index (κ3) is 4.33. The Labute approximate surface area is 122 Å². The first-order valence-corrected chi connectivity index (χ1v) is 7.09. The summed E-state index contributed by atoms with van der Waals surface area (Å²) in [6.07, 6.45) is 3.56. The largest absolute Gasteiger partial charge is 0.487 e. The Morgan fingerprint density at radius 2 is 2.21 bits per heavy atom. The van der Waals surface area contributed by atoms with Gasteiger partial charge in [0.1, 0.15) is 12.4 Å². The van der Waals surface area contributed by atoms with E-state index in [0.29, 0.717) is 6.61 Å². The van der Waals surface area contributed by atoms with Gasteiger partial charge >= 0.3 is 0 Å². The Kier molecular flexibility index (Phi) is 5.36. The molecular weight excluding hydrogens is 304 g/mol. The fraction of sp³-hybridized carbons (Fsp3) is 0.267. The van der Waals surface area contributed by atoms with E-state index in [0.717, 1.165) is 34.4 Å². The molecule has 0 bridgehead atoms. The first kappa shape index (κ1) is 14.0. The number of rotatable bonds is 6. The van der Waals surface area contributed by atoms with E-state index >= 15 is 0 Å². The lowest BCUT2D eigenvalue weighted by Crippen LogP contribution is -2.13. The minimum atomic E-state index is 0.546. The van der Waals surface area contributed by atoms with Crippen LogP contribution >= 0.6 is 15.9 Å². The summed E-state index contributed by atoms with van der Waals surface area (Å²) in [7, 11) is 0. The molecule has 0 aliphatic rings. The van der Waals surface area contributed by atoms with Crippen LogP contribution in [0.5, 0.6) is 5.75 Å². The van der Waals surface area contributed by atoms with E-state index in [1.807, 2.05) is 24.3 Å². The number of hydrogen-bond donors (Lipinski definition) is 1. The zero-order valence-electron chi connectivity index (χ0n) is 10.9. The fourth-order valence-corrected chi connectivity index (χ4v) is 2.18. The second-order valence-corrected chi connectivity index (χ2v) is 5.10. The van der Waals surface area contributed by atoms with Crippen LogP contribution in [0.4, 0.5) is 0 Å². The van der Waals surface area contributed by atoms with E-state index in [9.17, 15) is 0 Å². The summed E-state index contributed by atoms with van der Waals surface area (Å²) < 4.78 is 6.91. The molecule has 0 aliphatic carbocycles. The minimum Gasteiger partial charge on any atom is -0.487 e. The Bertz CT molecular complexity index is 531. The van der Waals surface area contributed by atoms with E-state index in [1.165, 1.54) is 0 Å². The van der Waals surface area contributed by atoms with Crippen LogP contribution in [0, 0.1) is 0 Å². The lowest BCUT2D eigenvalue weighted by molar-refractivity contribution is 0.301. The van der Waals surface area contributed by atoms with Crippen molar-refractivity contribution in [2.24, 2.45) is 0 Å². The Balaban J connectivity index is 2.02. The van der Waals surface area contributed by atoms with Crippen LogP contribution in [-0.2, 0) is 13.2 Å². The second kappa shape index (κ2) is 7.26. The highest BCUT2D eigenvalue weighted by Gasteiger charge is 2.03. The number of nitrogens with one attached hydrogen (secondary N) is 1. The van der Waals surface area contributed by atoms with Gasteiger partial charge in [-0.2, -0.15) is 0 Å². The molecule has 1 aromatic carbocycles. The van der Waals surface area contributed by atoms with E-state index in [1.54, 1.807) is 12.4 Å². The van der Waals surface area contributed by atoms with Crippen LogP contribution in [0.1, 0.15) is 18.1 Å². The highest BCUT2D eigenvalue weighted by molar-refractivity contribution is 9.10. The van der Waals surface area contributed by atoms with Gasteiger partial charge in [0, 0.05) is 22.8 Å². The molecule has 1 aromatic heterocycles. The number of halogens is 1. The van der Waals surface area contributed by atoms with Crippen LogP contribution in [0.25, 0.3) is 0 Å². The monoisotopic (exact) mass is 320 g/mol. The maximum Gasteiger partial charge on any atom is 0.142 e. The van der Waals surface area contributed by atoms with Gasteiger partial charge in [0.2, 0.25) is 0 Å². The standard InChI is InChI=1S/C15H17BrN2O/c1-2-17-9-13-6-7-18-10-15(13)19-11-12-4-3-5-14(16)8-12/h3-8,10,17H,2,9,11H2,1H3. The molecule has 0 amide bonds. The van der Waals surface area contributed by atoms with Crippen LogP contribution < -0.4 is 10.1 Å². The van der Waals surface area contributed by atoms with Crippen molar-refractivity contribution in [2.75, 3.05) is 6.54 Å². The quantitative estimate of drug-likeness (QED) is 0.884. The summed E-state index contributed by atoms with van der Waals surface area (Å²) in [4.78, 5) is 4.12. The molecule has 0 spiro atoms. The van der Waals surface area contributed by atoms with Crippen molar-refractivity contribution in [3.63, 3.8) is 0 Å². The number of ether oxygens (including phenoxy) is 1. The Morgan fingerprint density at radius 1 is 1.32 bits per heavy atom. The normalized spacial score (nSPS) is 10.4. The summed E-state index contributed by atoms with van der Waals surface area (Å²) >= 11 is 3.46. The lowest BCUT2D eigenvalue weighted by Gasteiger charge is -2.11. The van der Waals surface area contributed by atoms with Crippen molar-refractivity contribution < 1.29 is 4.74 Å². The lowest BCUT2D eigenvalue weighted by atomic mass is 10.2. The minimum absolute atomic E-state index is 0.546. The molecule has 100 valence electrons. The smallest absolute Gasteiger partial charge is 0.142 e. The van der Waals surface area contributed by atoms with Crippen molar-refractivity contribution in [3.8, 4) is 5.75 Å². The van der Waals surface area contributed by atoms with Gasteiger partial charge in [-0.15, -0.1) is 0 Å². The third-order valence-corrected chi connectivity index (χ3v) is 3.21. The number of aromatic nitrogens is 1. The number of pyridine rings is 1. The predicted molar refractivity (Wildman–Crippen MR) is 80.1 cm³/mol. The van der Waals surface area contributed by atoms with Gasteiger partial charge in [-0.25, -0.2) is 0 Å². The molecule has 19 heavy (non-hydrogen) atoms.